The van der Waals surface area contributed by atoms with Crippen LogP contribution in [0.1, 0.15) is 41.2 Å². The van der Waals surface area contributed by atoms with Gasteiger partial charge in [-0.3, -0.25) is 14.4 Å². The summed E-state index contributed by atoms with van der Waals surface area (Å²) in [6.07, 6.45) is 1.69. The number of fused-ring (bicyclic) bond motifs is 1. The lowest BCUT2D eigenvalue weighted by molar-refractivity contribution is -0.137. The van der Waals surface area contributed by atoms with E-state index >= 15 is 0 Å². The van der Waals surface area contributed by atoms with Crippen LogP contribution < -0.4 is 5.32 Å². The van der Waals surface area contributed by atoms with E-state index in [1.165, 1.54) is 24.0 Å². The van der Waals surface area contributed by atoms with Crippen LogP contribution in [0.3, 0.4) is 0 Å². The van der Waals surface area contributed by atoms with Crippen molar-refractivity contribution in [3.8, 4) is 0 Å². The van der Waals surface area contributed by atoms with E-state index in [1.807, 2.05) is 0 Å². The van der Waals surface area contributed by atoms with Crippen LogP contribution >= 0.6 is 11.8 Å². The van der Waals surface area contributed by atoms with Crippen LogP contribution in [0.4, 0.5) is 0 Å². The van der Waals surface area contributed by atoms with Crippen LogP contribution in [0.15, 0.2) is 21.7 Å². The first-order chi connectivity index (χ1) is 11.8. The predicted molar refractivity (Wildman–Crippen MR) is 90.2 cm³/mol. The lowest BCUT2D eigenvalue weighted by Gasteiger charge is -2.27. The summed E-state index contributed by atoms with van der Waals surface area (Å²) in [5.41, 5.74) is -0.757. The van der Waals surface area contributed by atoms with Crippen molar-refractivity contribution in [2.75, 3.05) is 18.9 Å². The first kappa shape index (κ1) is 19.4. The highest BCUT2D eigenvalue weighted by Gasteiger charge is 2.33. The molecule has 0 aromatic carbocycles. The van der Waals surface area contributed by atoms with E-state index in [0.717, 1.165) is 0 Å². The number of amides is 1. The summed E-state index contributed by atoms with van der Waals surface area (Å²) in [5.74, 6) is -0.781. The van der Waals surface area contributed by atoms with Crippen molar-refractivity contribution in [1.82, 2.24) is 10.5 Å². The first-order valence-electron chi connectivity index (χ1n) is 7.72. The van der Waals surface area contributed by atoms with Gasteiger partial charge in [0.15, 0.2) is 0 Å². The highest BCUT2D eigenvalue weighted by molar-refractivity contribution is 8.04. The third kappa shape index (κ3) is 4.36. The maximum Gasteiger partial charge on any atom is 0.249 e. The zero-order valence-electron chi connectivity index (χ0n) is 13.9. The molecule has 2 rings (SSSR count). The fraction of sp³-hybridized carbons (Fsp3) is 0.500. The number of allylic oxidation sites excluding steroid dienone is 2. The molecule has 1 aliphatic carbocycles. The standard InChI is InChI=1S/C16H20N2O6S/c1-16(2,8-19)14(22)15(23)17-4-3-5-25-11-6-10(20)13-9(12(11)21)7-18-24-13/h6-7,14,19,22H,3-5,8H2,1-2H3,(H,17,23). The Kier molecular flexibility index (Phi) is 6.15. The van der Waals surface area contributed by atoms with Crippen molar-refractivity contribution in [3.63, 3.8) is 0 Å². The van der Waals surface area contributed by atoms with Gasteiger partial charge in [-0.15, -0.1) is 11.8 Å². The summed E-state index contributed by atoms with van der Waals surface area (Å²) in [4.78, 5) is 36.1. The molecule has 0 fully saturated rings. The van der Waals surface area contributed by atoms with Gasteiger partial charge in [0.05, 0.1) is 23.3 Å². The highest BCUT2D eigenvalue weighted by Crippen LogP contribution is 2.28. The largest absolute Gasteiger partial charge is 0.396 e. The Morgan fingerprint density at radius 2 is 2.16 bits per heavy atom. The maximum absolute atomic E-state index is 12.2. The van der Waals surface area contributed by atoms with Gasteiger partial charge in [0, 0.05) is 18.0 Å². The second kappa shape index (κ2) is 7.94. The SMILES string of the molecule is CC(C)(CO)C(O)C(=O)NCCCSC1=CC(=O)c2oncc2C1=O. The number of nitrogens with zero attached hydrogens (tertiary/aromatic N) is 1. The topological polar surface area (TPSA) is 130 Å². The van der Waals surface area contributed by atoms with Crippen LogP contribution in [0.5, 0.6) is 0 Å². The van der Waals surface area contributed by atoms with Gasteiger partial charge >= 0.3 is 0 Å². The number of ketones is 2. The number of rotatable bonds is 8. The monoisotopic (exact) mass is 368 g/mol. The van der Waals surface area contributed by atoms with Crippen molar-refractivity contribution in [3.05, 3.63) is 28.5 Å². The average Bonchev–Trinajstić information content (AvgIpc) is 3.08. The van der Waals surface area contributed by atoms with Crippen LogP contribution in [0, 0.1) is 5.41 Å². The smallest absolute Gasteiger partial charge is 0.249 e. The summed E-state index contributed by atoms with van der Waals surface area (Å²) in [6, 6.07) is 0. The fourth-order valence-corrected chi connectivity index (χ4v) is 3.01. The molecule has 0 spiro atoms. The Balaban J connectivity index is 1.76. The minimum Gasteiger partial charge on any atom is -0.396 e. The Hall–Kier alpha value is -1.97. The molecule has 0 saturated heterocycles. The Morgan fingerprint density at radius 1 is 1.44 bits per heavy atom. The number of carbonyl (C=O) groups excluding carboxylic acids is 3. The van der Waals surface area contributed by atoms with Crippen LogP contribution in [0.25, 0.3) is 0 Å². The number of thioether (sulfide) groups is 1. The number of carbonyl (C=O) groups is 3. The van der Waals surface area contributed by atoms with E-state index in [9.17, 15) is 19.5 Å². The molecule has 25 heavy (non-hydrogen) atoms. The molecule has 1 aromatic heterocycles. The molecular formula is C16H20N2O6S. The number of aromatic nitrogens is 1. The first-order valence-corrected chi connectivity index (χ1v) is 8.71. The van der Waals surface area contributed by atoms with Gasteiger partial charge in [0.1, 0.15) is 6.10 Å². The summed E-state index contributed by atoms with van der Waals surface area (Å²) in [6.45, 7) is 3.17. The van der Waals surface area contributed by atoms with Gasteiger partial charge in [0.25, 0.3) is 0 Å². The Labute approximate surface area is 148 Å². The molecule has 0 saturated carbocycles. The van der Waals surface area contributed by atoms with E-state index in [1.54, 1.807) is 13.8 Å². The molecule has 1 heterocycles. The van der Waals surface area contributed by atoms with Gasteiger partial charge < -0.3 is 20.1 Å². The molecule has 8 nitrogen and oxygen atoms in total. The number of hydrogen-bond donors (Lipinski definition) is 3. The second-order valence-electron chi connectivity index (χ2n) is 6.31. The van der Waals surface area contributed by atoms with E-state index in [2.05, 4.69) is 10.5 Å². The highest BCUT2D eigenvalue weighted by atomic mass is 32.2. The van der Waals surface area contributed by atoms with E-state index < -0.39 is 23.2 Å². The van der Waals surface area contributed by atoms with Crippen molar-refractivity contribution in [1.29, 1.82) is 0 Å². The number of hydrogen-bond acceptors (Lipinski definition) is 8. The minimum absolute atomic E-state index is 0.0397. The third-order valence-electron chi connectivity index (χ3n) is 3.80. The van der Waals surface area contributed by atoms with Crippen molar-refractivity contribution < 1.29 is 29.1 Å². The minimum atomic E-state index is -1.31. The normalized spacial score (nSPS) is 15.6. The average molecular weight is 368 g/mol. The zero-order valence-corrected chi connectivity index (χ0v) is 14.8. The van der Waals surface area contributed by atoms with Gasteiger partial charge in [-0.05, 0) is 12.2 Å². The van der Waals surface area contributed by atoms with Crippen LogP contribution in [-0.4, -0.2) is 57.9 Å². The Bertz CT molecular complexity index is 709. The lowest BCUT2D eigenvalue weighted by atomic mass is 9.87. The number of nitrogens with one attached hydrogen (secondary N) is 1. The summed E-state index contributed by atoms with van der Waals surface area (Å²) < 4.78 is 4.75. The number of aliphatic hydroxyl groups is 2. The van der Waals surface area contributed by atoms with Gasteiger partial charge in [-0.2, -0.15) is 0 Å². The van der Waals surface area contributed by atoms with Crippen molar-refractivity contribution >= 4 is 29.2 Å². The molecule has 136 valence electrons. The lowest BCUT2D eigenvalue weighted by Crippen LogP contribution is -2.45. The molecule has 1 atom stereocenters. The molecule has 9 heteroatoms. The molecular weight excluding hydrogens is 348 g/mol. The van der Waals surface area contributed by atoms with Crippen LogP contribution in [0.2, 0.25) is 0 Å². The molecule has 0 aliphatic heterocycles. The quantitative estimate of drug-likeness (QED) is 0.568. The predicted octanol–water partition coefficient (Wildman–Crippen LogP) is 0.556. The van der Waals surface area contributed by atoms with E-state index in [4.69, 9.17) is 9.63 Å². The Morgan fingerprint density at radius 3 is 2.84 bits per heavy atom. The molecule has 0 bridgehead atoms. The second-order valence-corrected chi connectivity index (χ2v) is 7.45. The zero-order chi connectivity index (χ0) is 18.6. The third-order valence-corrected chi connectivity index (χ3v) is 4.91. The fourth-order valence-electron chi connectivity index (χ4n) is 2.07. The van der Waals surface area contributed by atoms with Gasteiger partial charge in [0.2, 0.25) is 23.2 Å². The maximum atomic E-state index is 12.2. The van der Waals surface area contributed by atoms with Gasteiger partial charge in [-0.25, -0.2) is 0 Å². The summed E-state index contributed by atoms with van der Waals surface area (Å²) in [7, 11) is 0. The number of aliphatic hydroxyl groups excluding tert-OH is 2. The van der Waals surface area contributed by atoms with Crippen LogP contribution in [-0.2, 0) is 4.79 Å². The molecule has 1 unspecified atom stereocenters. The number of Topliss-reactive ketones (excluding diaryl/α,β-unsaturated/α-hetero) is 1. The summed E-state index contributed by atoms with van der Waals surface area (Å²) >= 11 is 1.21. The van der Waals surface area contributed by atoms with E-state index in [-0.39, 0.29) is 23.7 Å². The molecule has 1 aliphatic rings. The molecule has 0 radical (unpaired) electrons. The molecule has 1 amide bonds. The van der Waals surface area contributed by atoms with Crippen molar-refractivity contribution in [2.24, 2.45) is 5.41 Å². The molecule has 3 N–H and O–H groups in total. The van der Waals surface area contributed by atoms with Gasteiger partial charge in [-0.1, -0.05) is 19.0 Å². The summed E-state index contributed by atoms with van der Waals surface area (Å²) in [5, 5.41) is 25.1. The van der Waals surface area contributed by atoms with E-state index in [0.29, 0.717) is 23.6 Å². The van der Waals surface area contributed by atoms with Crippen molar-refractivity contribution in [2.45, 2.75) is 26.4 Å². The molecule has 1 aromatic rings.